The number of aliphatic imine (C=N–C) groups is 1. The fourth-order valence-corrected chi connectivity index (χ4v) is 2.72. The molecule has 2 rings (SSSR count). The summed E-state index contributed by atoms with van der Waals surface area (Å²) < 4.78 is 5.05. The molecule has 8 heteroatoms. The van der Waals surface area contributed by atoms with E-state index in [9.17, 15) is 4.79 Å². The summed E-state index contributed by atoms with van der Waals surface area (Å²) in [6, 6.07) is 14.3. The summed E-state index contributed by atoms with van der Waals surface area (Å²) >= 11 is 0. The second-order valence-electron chi connectivity index (χ2n) is 6.70. The van der Waals surface area contributed by atoms with Crippen LogP contribution in [0.2, 0.25) is 0 Å². The molecule has 1 aromatic heterocycles. The van der Waals surface area contributed by atoms with Crippen LogP contribution in [0.4, 0.5) is 0 Å². The van der Waals surface area contributed by atoms with Crippen molar-refractivity contribution in [3.63, 3.8) is 0 Å². The van der Waals surface area contributed by atoms with Crippen LogP contribution in [0.15, 0.2) is 58.1 Å². The zero-order valence-electron chi connectivity index (χ0n) is 17.4. The summed E-state index contributed by atoms with van der Waals surface area (Å²) in [5, 5.41) is 9.30. The number of halogens is 1. The Bertz CT molecular complexity index is 722. The summed E-state index contributed by atoms with van der Waals surface area (Å²) in [5.74, 6) is 0.825. The highest BCUT2D eigenvalue weighted by molar-refractivity contribution is 14.0. The molecule has 2 aromatic rings. The maximum absolute atomic E-state index is 11.8. The van der Waals surface area contributed by atoms with E-state index in [1.54, 1.807) is 19.2 Å². The topological polar surface area (TPSA) is 81.9 Å². The Morgan fingerprint density at radius 2 is 1.76 bits per heavy atom. The van der Waals surface area contributed by atoms with E-state index >= 15 is 0 Å². The second kappa shape index (κ2) is 14.0. The number of carbonyl (C=O) groups is 1. The first-order valence-electron chi connectivity index (χ1n) is 9.60. The molecule has 1 atom stereocenters. The second-order valence-corrected chi connectivity index (χ2v) is 6.70. The van der Waals surface area contributed by atoms with Gasteiger partial charge in [0.1, 0.15) is 0 Å². The Morgan fingerprint density at radius 3 is 2.41 bits per heavy atom. The molecule has 1 amide bonds. The third-order valence-electron chi connectivity index (χ3n) is 4.55. The van der Waals surface area contributed by atoms with Gasteiger partial charge in [-0.05, 0) is 38.1 Å². The summed E-state index contributed by atoms with van der Waals surface area (Å²) in [6.07, 6.45) is 2.48. The average Bonchev–Trinajstić information content (AvgIpc) is 3.25. The van der Waals surface area contributed by atoms with Crippen LogP contribution in [-0.4, -0.2) is 56.5 Å². The first-order chi connectivity index (χ1) is 13.6. The quantitative estimate of drug-likeness (QED) is 0.197. The van der Waals surface area contributed by atoms with Crippen LogP contribution in [-0.2, 0) is 6.54 Å². The third kappa shape index (κ3) is 9.31. The van der Waals surface area contributed by atoms with Gasteiger partial charge >= 0.3 is 0 Å². The Labute approximate surface area is 190 Å². The Hall–Kier alpha value is -2.07. The molecule has 0 aliphatic heterocycles. The van der Waals surface area contributed by atoms with E-state index in [0.29, 0.717) is 24.9 Å². The molecule has 0 aliphatic rings. The van der Waals surface area contributed by atoms with Crippen LogP contribution >= 0.6 is 24.0 Å². The predicted octanol–water partition coefficient (Wildman–Crippen LogP) is 2.70. The van der Waals surface area contributed by atoms with Crippen molar-refractivity contribution < 1.29 is 9.21 Å². The SMILES string of the molecule is CN=C(NCCNC(=O)c1ccco1)NCCC(C)N(C)Cc1ccccc1.I. The van der Waals surface area contributed by atoms with E-state index in [-0.39, 0.29) is 29.9 Å². The van der Waals surface area contributed by atoms with E-state index in [1.165, 1.54) is 11.8 Å². The molecule has 7 nitrogen and oxygen atoms in total. The normalized spacial score (nSPS) is 12.2. The number of hydrogen-bond donors (Lipinski definition) is 3. The first-order valence-corrected chi connectivity index (χ1v) is 9.60. The number of guanidine groups is 1. The predicted molar refractivity (Wildman–Crippen MR) is 128 cm³/mol. The average molecular weight is 513 g/mol. The van der Waals surface area contributed by atoms with Crippen LogP contribution < -0.4 is 16.0 Å². The number of carbonyl (C=O) groups excluding carboxylic acids is 1. The maximum atomic E-state index is 11.8. The van der Waals surface area contributed by atoms with Crippen molar-refractivity contribution in [3.8, 4) is 0 Å². The Morgan fingerprint density at radius 1 is 1.07 bits per heavy atom. The van der Waals surface area contributed by atoms with Crippen LogP contribution in [0.1, 0.15) is 29.5 Å². The molecular formula is C21H32IN5O2. The molecule has 29 heavy (non-hydrogen) atoms. The lowest BCUT2D eigenvalue weighted by Crippen LogP contribution is -2.43. The summed E-state index contributed by atoms with van der Waals surface area (Å²) in [5.41, 5.74) is 1.32. The van der Waals surface area contributed by atoms with E-state index in [2.05, 4.69) is 64.1 Å². The summed E-state index contributed by atoms with van der Waals surface area (Å²) in [7, 11) is 3.88. The zero-order valence-corrected chi connectivity index (χ0v) is 19.7. The van der Waals surface area contributed by atoms with Gasteiger partial charge in [0.2, 0.25) is 0 Å². The molecule has 0 radical (unpaired) electrons. The largest absolute Gasteiger partial charge is 0.459 e. The van der Waals surface area contributed by atoms with Crippen LogP contribution in [0.5, 0.6) is 0 Å². The van der Waals surface area contributed by atoms with Gasteiger partial charge in [-0.2, -0.15) is 0 Å². The first kappa shape index (κ1) is 25.0. The van der Waals surface area contributed by atoms with Gasteiger partial charge in [-0.25, -0.2) is 0 Å². The molecule has 1 heterocycles. The molecule has 3 N–H and O–H groups in total. The number of benzene rings is 1. The van der Waals surface area contributed by atoms with Crippen molar-refractivity contribution in [2.45, 2.75) is 25.9 Å². The molecule has 0 aliphatic carbocycles. The van der Waals surface area contributed by atoms with E-state index in [0.717, 1.165) is 25.5 Å². The Balaban J connectivity index is 0.00000420. The summed E-state index contributed by atoms with van der Waals surface area (Å²) in [4.78, 5) is 18.3. The number of nitrogens with one attached hydrogen (secondary N) is 3. The van der Waals surface area contributed by atoms with Gasteiger partial charge in [0.15, 0.2) is 11.7 Å². The fourth-order valence-electron chi connectivity index (χ4n) is 2.72. The zero-order chi connectivity index (χ0) is 20.2. The molecule has 0 spiro atoms. The van der Waals surface area contributed by atoms with Gasteiger partial charge in [-0.3, -0.25) is 14.7 Å². The standard InChI is InChI=1S/C21H31N5O2.HI/c1-17(26(3)16-18-8-5-4-6-9-18)11-12-24-21(22-2)25-14-13-23-20(27)19-10-7-15-28-19;/h4-10,15,17H,11-14,16H2,1-3H3,(H,23,27)(H2,22,24,25);1H. The maximum Gasteiger partial charge on any atom is 0.287 e. The van der Waals surface area contributed by atoms with Gasteiger partial charge in [0.25, 0.3) is 5.91 Å². The van der Waals surface area contributed by atoms with E-state index in [1.807, 2.05) is 6.07 Å². The molecule has 0 saturated heterocycles. The highest BCUT2D eigenvalue weighted by Gasteiger charge is 2.10. The lowest BCUT2D eigenvalue weighted by atomic mass is 10.1. The molecule has 0 bridgehead atoms. The van der Waals surface area contributed by atoms with Crippen molar-refractivity contribution in [2.24, 2.45) is 4.99 Å². The van der Waals surface area contributed by atoms with Crippen LogP contribution in [0.3, 0.4) is 0 Å². The molecule has 1 unspecified atom stereocenters. The highest BCUT2D eigenvalue weighted by Crippen LogP contribution is 2.07. The van der Waals surface area contributed by atoms with Gasteiger partial charge in [0, 0.05) is 39.3 Å². The molecule has 0 fully saturated rings. The van der Waals surface area contributed by atoms with Crippen molar-refractivity contribution in [3.05, 3.63) is 60.1 Å². The fraction of sp³-hybridized carbons (Fsp3) is 0.429. The van der Waals surface area contributed by atoms with Crippen molar-refractivity contribution >= 4 is 35.8 Å². The van der Waals surface area contributed by atoms with Crippen molar-refractivity contribution in [2.75, 3.05) is 33.7 Å². The molecule has 1 aromatic carbocycles. The molecule has 0 saturated carbocycles. The number of hydrogen-bond acceptors (Lipinski definition) is 4. The van der Waals surface area contributed by atoms with Gasteiger partial charge < -0.3 is 20.4 Å². The van der Waals surface area contributed by atoms with Crippen molar-refractivity contribution in [1.29, 1.82) is 0 Å². The number of nitrogens with zero attached hydrogens (tertiary/aromatic N) is 2. The lowest BCUT2D eigenvalue weighted by Gasteiger charge is -2.25. The third-order valence-corrected chi connectivity index (χ3v) is 4.55. The van der Waals surface area contributed by atoms with E-state index in [4.69, 9.17) is 4.42 Å². The van der Waals surface area contributed by atoms with Crippen molar-refractivity contribution in [1.82, 2.24) is 20.9 Å². The minimum Gasteiger partial charge on any atom is -0.459 e. The van der Waals surface area contributed by atoms with Gasteiger partial charge in [-0.1, -0.05) is 30.3 Å². The highest BCUT2D eigenvalue weighted by atomic mass is 127. The van der Waals surface area contributed by atoms with Gasteiger partial charge in [-0.15, -0.1) is 24.0 Å². The Kier molecular flexibility index (Phi) is 12.1. The monoisotopic (exact) mass is 513 g/mol. The summed E-state index contributed by atoms with van der Waals surface area (Å²) in [6.45, 7) is 5.04. The van der Waals surface area contributed by atoms with Gasteiger partial charge in [0.05, 0.1) is 6.26 Å². The number of amides is 1. The minimum atomic E-state index is -0.218. The number of furan rings is 1. The van der Waals surface area contributed by atoms with Crippen LogP contribution in [0, 0.1) is 0 Å². The van der Waals surface area contributed by atoms with Crippen LogP contribution in [0.25, 0.3) is 0 Å². The molecule has 160 valence electrons. The minimum absolute atomic E-state index is 0. The molecular weight excluding hydrogens is 481 g/mol. The lowest BCUT2D eigenvalue weighted by molar-refractivity contribution is 0.0926. The smallest absolute Gasteiger partial charge is 0.287 e. The number of rotatable bonds is 10. The van der Waals surface area contributed by atoms with E-state index < -0.39 is 0 Å².